The first-order valence-electron chi connectivity index (χ1n) is 13.6. The lowest BCUT2D eigenvalue weighted by Gasteiger charge is -2.60. The molecule has 4 fully saturated rings. The number of fused-ring (bicyclic) bond motifs is 5. The molecule has 0 amide bonds. The van der Waals surface area contributed by atoms with Crippen molar-refractivity contribution in [1.29, 1.82) is 0 Å². The van der Waals surface area contributed by atoms with Gasteiger partial charge in [0.25, 0.3) is 0 Å². The van der Waals surface area contributed by atoms with Crippen molar-refractivity contribution in [2.24, 2.45) is 34.0 Å². The summed E-state index contributed by atoms with van der Waals surface area (Å²) in [6, 6.07) is 0. The minimum absolute atomic E-state index is 0.0156. The number of hydrogen-bond acceptors (Lipinski definition) is 4. The first-order valence-corrected chi connectivity index (χ1v) is 13.6. The number of allylic oxidation sites excluding steroid dienone is 1. The summed E-state index contributed by atoms with van der Waals surface area (Å²) in [6.07, 6.45) is 14.0. The molecule has 3 saturated carbocycles. The minimum Gasteiger partial charge on any atom is -0.382 e. The third-order valence-electron chi connectivity index (χ3n) is 10.6. The van der Waals surface area contributed by atoms with Crippen molar-refractivity contribution in [3.8, 4) is 0 Å². The molecule has 184 valence electrons. The van der Waals surface area contributed by atoms with Crippen LogP contribution < -0.4 is 0 Å². The molecule has 1 aliphatic heterocycles. The Kier molecular flexibility index (Phi) is 5.76. The maximum atomic E-state index is 13.3. The summed E-state index contributed by atoms with van der Waals surface area (Å²) >= 11 is 0. The van der Waals surface area contributed by atoms with Crippen molar-refractivity contribution in [1.82, 2.24) is 0 Å². The van der Waals surface area contributed by atoms with Gasteiger partial charge in [0.15, 0.2) is 5.78 Å². The van der Waals surface area contributed by atoms with Gasteiger partial charge in [-0.1, -0.05) is 39.3 Å². The van der Waals surface area contributed by atoms with Crippen LogP contribution in [0.3, 0.4) is 0 Å². The molecule has 1 heterocycles. The van der Waals surface area contributed by atoms with Gasteiger partial charge in [-0.15, -0.1) is 0 Å². The van der Waals surface area contributed by atoms with E-state index < -0.39 is 11.0 Å². The van der Waals surface area contributed by atoms with Crippen LogP contribution >= 0.6 is 0 Å². The molecule has 1 N–H and O–H groups in total. The Bertz CT molecular complexity index is 846. The topological polar surface area (TPSA) is 63.6 Å². The molecule has 1 unspecified atom stereocenters. The molecular formula is C29H44O4. The third-order valence-corrected chi connectivity index (χ3v) is 10.6. The molecule has 5 aliphatic rings. The van der Waals surface area contributed by atoms with Gasteiger partial charge in [0.2, 0.25) is 0 Å². The van der Waals surface area contributed by atoms with Crippen LogP contribution in [0.25, 0.3) is 0 Å². The molecule has 5 rings (SSSR count). The van der Waals surface area contributed by atoms with Gasteiger partial charge in [-0.2, -0.15) is 0 Å². The Balaban J connectivity index is 1.50. The van der Waals surface area contributed by atoms with E-state index in [1.165, 1.54) is 12.0 Å². The molecule has 1 saturated heterocycles. The van der Waals surface area contributed by atoms with E-state index in [0.717, 1.165) is 64.4 Å². The summed E-state index contributed by atoms with van der Waals surface area (Å²) < 4.78 is 6.27. The summed E-state index contributed by atoms with van der Waals surface area (Å²) in [5, 5.41) is 11.6. The van der Waals surface area contributed by atoms with E-state index in [1.807, 2.05) is 20.8 Å². The highest BCUT2D eigenvalue weighted by Gasteiger charge is 2.62. The number of ketones is 2. The van der Waals surface area contributed by atoms with Crippen molar-refractivity contribution < 1.29 is 19.4 Å². The molecule has 0 aromatic heterocycles. The summed E-state index contributed by atoms with van der Waals surface area (Å²) in [6.45, 7) is 8.87. The highest BCUT2D eigenvalue weighted by molar-refractivity contribution is 5.92. The Hall–Kier alpha value is -1.00. The van der Waals surface area contributed by atoms with Gasteiger partial charge < -0.3 is 9.84 Å². The van der Waals surface area contributed by atoms with Crippen molar-refractivity contribution in [2.45, 2.75) is 116 Å². The largest absolute Gasteiger partial charge is 0.382 e. The van der Waals surface area contributed by atoms with E-state index in [-0.39, 0.29) is 22.7 Å². The van der Waals surface area contributed by atoms with Crippen LogP contribution in [0.15, 0.2) is 11.6 Å². The van der Waals surface area contributed by atoms with E-state index in [1.54, 1.807) is 0 Å². The van der Waals surface area contributed by atoms with E-state index in [2.05, 4.69) is 13.0 Å². The summed E-state index contributed by atoms with van der Waals surface area (Å²) in [5.41, 5.74) is -0.581. The van der Waals surface area contributed by atoms with Crippen LogP contribution in [-0.4, -0.2) is 35.0 Å². The highest BCUT2D eigenvalue weighted by atomic mass is 16.5. The van der Waals surface area contributed by atoms with E-state index in [9.17, 15) is 14.7 Å². The molecule has 4 heteroatoms. The number of Topliss-reactive ketones (excluding diaryl/α,β-unsaturated/α-hetero) is 2. The lowest BCUT2D eigenvalue weighted by molar-refractivity contribution is -0.154. The smallest absolute Gasteiger partial charge is 0.169 e. The van der Waals surface area contributed by atoms with Crippen LogP contribution in [0.5, 0.6) is 0 Å². The Morgan fingerprint density at radius 2 is 1.91 bits per heavy atom. The van der Waals surface area contributed by atoms with Gasteiger partial charge >= 0.3 is 0 Å². The van der Waals surface area contributed by atoms with E-state index in [0.29, 0.717) is 36.4 Å². The zero-order chi connectivity index (χ0) is 23.6. The second-order valence-electron chi connectivity index (χ2n) is 13.4. The number of ether oxygens (including phenoxy) is 1. The molecule has 4 aliphatic carbocycles. The van der Waals surface area contributed by atoms with Crippen molar-refractivity contribution in [2.75, 3.05) is 6.61 Å². The standard InChI is InChI=1S/C29H44O4/c1-26(2,3)25(31)29(32)15-14-28(18-20-7-5-6-16-33-20)19(17-29)8-9-21-22-10-11-24(30)27(22,4)13-12-23(21)28/h8,20-23,32H,5-7,9-18H2,1-4H3/t20?,21-,22-,23-,27-,28+,29+/m0/s1. The van der Waals surface area contributed by atoms with Crippen molar-refractivity contribution in [3.63, 3.8) is 0 Å². The van der Waals surface area contributed by atoms with Crippen LogP contribution in [0.2, 0.25) is 0 Å². The zero-order valence-electron chi connectivity index (χ0n) is 21.3. The lowest BCUT2D eigenvalue weighted by atomic mass is 9.45. The van der Waals surface area contributed by atoms with Crippen LogP contribution in [0.1, 0.15) is 105 Å². The van der Waals surface area contributed by atoms with Crippen LogP contribution in [0.4, 0.5) is 0 Å². The molecule has 0 spiro atoms. The van der Waals surface area contributed by atoms with E-state index >= 15 is 0 Å². The molecule has 0 aromatic carbocycles. The molecule has 0 bridgehead atoms. The quantitative estimate of drug-likeness (QED) is 0.545. The fraction of sp³-hybridized carbons (Fsp3) is 0.862. The second-order valence-corrected chi connectivity index (χ2v) is 13.4. The minimum atomic E-state index is -1.25. The molecule has 0 aromatic rings. The zero-order valence-corrected chi connectivity index (χ0v) is 21.3. The van der Waals surface area contributed by atoms with E-state index in [4.69, 9.17) is 4.74 Å². The van der Waals surface area contributed by atoms with Gasteiger partial charge in [0, 0.05) is 30.3 Å². The Morgan fingerprint density at radius 1 is 1.12 bits per heavy atom. The molecule has 33 heavy (non-hydrogen) atoms. The molecule has 0 radical (unpaired) electrons. The number of carbonyl (C=O) groups is 2. The normalized spacial score (nSPS) is 45.6. The lowest BCUT2D eigenvalue weighted by Crippen LogP contribution is -2.57. The SMILES string of the molecule is CC(C)(C)C(=O)[C@@]1(O)CC[C@@]2(CC3CCCCO3)C(=CC[C@@H]3[C@@H]2CC[C@]2(C)C(=O)CC[C@@H]32)C1. The number of aliphatic hydroxyl groups is 1. The maximum absolute atomic E-state index is 13.3. The Morgan fingerprint density at radius 3 is 2.61 bits per heavy atom. The van der Waals surface area contributed by atoms with Crippen molar-refractivity contribution in [3.05, 3.63) is 11.6 Å². The monoisotopic (exact) mass is 456 g/mol. The average molecular weight is 457 g/mol. The van der Waals surface area contributed by atoms with Crippen molar-refractivity contribution >= 4 is 11.6 Å². The maximum Gasteiger partial charge on any atom is 0.169 e. The number of carbonyl (C=O) groups excluding carboxylic acids is 2. The Labute approximate surface area is 199 Å². The van der Waals surface area contributed by atoms with Gasteiger partial charge in [0.1, 0.15) is 11.4 Å². The summed E-state index contributed by atoms with van der Waals surface area (Å²) in [7, 11) is 0. The summed E-state index contributed by atoms with van der Waals surface area (Å²) in [4.78, 5) is 26.1. The fourth-order valence-electron chi connectivity index (χ4n) is 8.87. The van der Waals surface area contributed by atoms with Crippen LogP contribution in [0, 0.1) is 34.0 Å². The summed E-state index contributed by atoms with van der Waals surface area (Å²) in [5.74, 6) is 2.05. The van der Waals surface area contributed by atoms with Crippen LogP contribution in [-0.2, 0) is 14.3 Å². The molecule has 4 nitrogen and oxygen atoms in total. The highest BCUT2D eigenvalue weighted by Crippen LogP contribution is 2.66. The fourth-order valence-corrected chi connectivity index (χ4v) is 8.87. The van der Waals surface area contributed by atoms with Gasteiger partial charge in [-0.3, -0.25) is 9.59 Å². The van der Waals surface area contributed by atoms with Gasteiger partial charge in [-0.05, 0) is 87.4 Å². The van der Waals surface area contributed by atoms with Gasteiger partial charge in [-0.25, -0.2) is 0 Å². The molecular weight excluding hydrogens is 412 g/mol. The average Bonchev–Trinajstić information content (AvgIpc) is 3.08. The predicted molar refractivity (Wildman–Crippen MR) is 129 cm³/mol. The number of hydrogen-bond donors (Lipinski definition) is 1. The first-order chi connectivity index (χ1) is 15.5. The molecule has 7 atom stereocenters. The second kappa shape index (κ2) is 8.01. The van der Waals surface area contributed by atoms with Gasteiger partial charge in [0.05, 0.1) is 6.10 Å². The predicted octanol–water partition coefficient (Wildman–Crippen LogP) is 5.80. The number of rotatable bonds is 3. The third kappa shape index (κ3) is 3.69. The first kappa shape index (κ1) is 23.7.